The summed E-state index contributed by atoms with van der Waals surface area (Å²) in [6.45, 7) is 4.44. The Labute approximate surface area is 103 Å². The van der Waals surface area contributed by atoms with E-state index >= 15 is 0 Å². The molecule has 3 N–H and O–H groups in total. The van der Waals surface area contributed by atoms with E-state index in [4.69, 9.17) is 5.73 Å². The van der Waals surface area contributed by atoms with E-state index in [1.807, 2.05) is 38.1 Å². The molecule has 0 bridgehead atoms. The van der Waals surface area contributed by atoms with Gasteiger partial charge in [0.2, 0.25) is 5.91 Å². The molecule has 0 aliphatic carbocycles. The molecule has 1 unspecified atom stereocenters. The predicted octanol–water partition coefficient (Wildman–Crippen LogP) is 1.77. The standard InChI is InChI=1S/C12H18N2O.ClH/c1-9-3-5-11(6-4-9)8-14-12(15)7-10(2)13;/h3-6,10H,7-8,13H2,1-2H3,(H,14,15);1H. The molecule has 1 atom stereocenters. The highest BCUT2D eigenvalue weighted by molar-refractivity contribution is 5.85. The molecule has 4 heteroatoms. The second kappa shape index (κ2) is 7.25. The Morgan fingerprint density at radius 2 is 1.94 bits per heavy atom. The highest BCUT2D eigenvalue weighted by Crippen LogP contribution is 2.02. The van der Waals surface area contributed by atoms with E-state index in [-0.39, 0.29) is 24.4 Å². The van der Waals surface area contributed by atoms with Crippen molar-refractivity contribution < 1.29 is 4.79 Å². The van der Waals surface area contributed by atoms with Crippen LogP contribution in [0.1, 0.15) is 24.5 Å². The van der Waals surface area contributed by atoms with Crippen LogP contribution in [0, 0.1) is 6.92 Å². The molecule has 90 valence electrons. The average molecular weight is 243 g/mol. The zero-order valence-electron chi connectivity index (χ0n) is 9.69. The maximum atomic E-state index is 11.3. The van der Waals surface area contributed by atoms with Crippen molar-refractivity contribution in [1.82, 2.24) is 5.32 Å². The van der Waals surface area contributed by atoms with Gasteiger partial charge in [0.05, 0.1) is 0 Å². The molecule has 0 aromatic heterocycles. The molecule has 1 rings (SSSR count). The Bertz CT molecular complexity index is 322. The molecule has 0 heterocycles. The number of carbonyl (C=O) groups is 1. The monoisotopic (exact) mass is 242 g/mol. The number of nitrogens with one attached hydrogen (secondary N) is 1. The topological polar surface area (TPSA) is 55.1 Å². The Balaban J connectivity index is 0.00000225. The number of rotatable bonds is 4. The van der Waals surface area contributed by atoms with Gasteiger partial charge < -0.3 is 11.1 Å². The average Bonchev–Trinajstić information content (AvgIpc) is 2.16. The van der Waals surface area contributed by atoms with E-state index in [1.54, 1.807) is 0 Å². The van der Waals surface area contributed by atoms with Crippen molar-refractivity contribution in [2.75, 3.05) is 0 Å². The second-order valence-corrected chi connectivity index (χ2v) is 3.94. The highest BCUT2D eigenvalue weighted by atomic mass is 35.5. The van der Waals surface area contributed by atoms with Crippen LogP contribution in [0.15, 0.2) is 24.3 Å². The van der Waals surface area contributed by atoms with Gasteiger partial charge in [-0.05, 0) is 19.4 Å². The molecular weight excluding hydrogens is 224 g/mol. The number of amides is 1. The van der Waals surface area contributed by atoms with Gasteiger partial charge >= 0.3 is 0 Å². The first-order valence-corrected chi connectivity index (χ1v) is 5.16. The lowest BCUT2D eigenvalue weighted by molar-refractivity contribution is -0.121. The predicted molar refractivity (Wildman–Crippen MR) is 68.5 cm³/mol. The van der Waals surface area contributed by atoms with Gasteiger partial charge in [0.15, 0.2) is 0 Å². The first-order valence-electron chi connectivity index (χ1n) is 5.16. The van der Waals surface area contributed by atoms with E-state index in [9.17, 15) is 4.79 Å². The smallest absolute Gasteiger partial charge is 0.221 e. The number of aryl methyl sites for hydroxylation is 1. The van der Waals surface area contributed by atoms with E-state index in [0.29, 0.717) is 13.0 Å². The molecule has 0 aliphatic heterocycles. The van der Waals surface area contributed by atoms with Crippen LogP contribution in [-0.4, -0.2) is 11.9 Å². The van der Waals surface area contributed by atoms with Gasteiger partial charge in [-0.25, -0.2) is 0 Å². The number of hydrogen-bond acceptors (Lipinski definition) is 2. The van der Waals surface area contributed by atoms with Crippen molar-refractivity contribution >= 4 is 18.3 Å². The van der Waals surface area contributed by atoms with E-state index in [0.717, 1.165) is 5.56 Å². The van der Waals surface area contributed by atoms with Crippen molar-refractivity contribution in [3.63, 3.8) is 0 Å². The van der Waals surface area contributed by atoms with Crippen LogP contribution in [0.5, 0.6) is 0 Å². The lowest BCUT2D eigenvalue weighted by Gasteiger charge is -2.07. The molecular formula is C12H19ClN2O. The third kappa shape index (κ3) is 5.73. The summed E-state index contributed by atoms with van der Waals surface area (Å²) in [6, 6.07) is 8.02. The van der Waals surface area contributed by atoms with Gasteiger partial charge in [-0.2, -0.15) is 0 Å². The van der Waals surface area contributed by atoms with Crippen LogP contribution < -0.4 is 11.1 Å². The van der Waals surface area contributed by atoms with Crippen molar-refractivity contribution in [3.8, 4) is 0 Å². The zero-order chi connectivity index (χ0) is 11.3. The quantitative estimate of drug-likeness (QED) is 0.846. The molecule has 1 aromatic carbocycles. The van der Waals surface area contributed by atoms with E-state index in [2.05, 4.69) is 5.32 Å². The van der Waals surface area contributed by atoms with Crippen LogP contribution in [0.4, 0.5) is 0 Å². The number of hydrogen-bond donors (Lipinski definition) is 2. The third-order valence-electron chi connectivity index (χ3n) is 2.12. The van der Waals surface area contributed by atoms with Gasteiger partial charge in [-0.15, -0.1) is 12.4 Å². The molecule has 0 spiro atoms. The number of carbonyl (C=O) groups excluding carboxylic acids is 1. The Hall–Kier alpha value is -1.06. The summed E-state index contributed by atoms with van der Waals surface area (Å²) < 4.78 is 0. The van der Waals surface area contributed by atoms with Crippen LogP contribution in [0.3, 0.4) is 0 Å². The minimum Gasteiger partial charge on any atom is -0.352 e. The molecule has 0 saturated carbocycles. The first-order chi connectivity index (χ1) is 7.08. The summed E-state index contributed by atoms with van der Waals surface area (Å²) in [5.74, 6) is 0.00516. The first kappa shape index (κ1) is 14.9. The minimum atomic E-state index is -0.0805. The molecule has 1 aromatic rings. The SMILES string of the molecule is Cc1ccc(CNC(=O)CC(C)N)cc1.Cl. The van der Waals surface area contributed by atoms with Gasteiger partial charge in [-0.1, -0.05) is 29.8 Å². The molecule has 3 nitrogen and oxygen atoms in total. The normalized spacial score (nSPS) is 11.4. The third-order valence-corrected chi connectivity index (χ3v) is 2.12. The second-order valence-electron chi connectivity index (χ2n) is 3.94. The summed E-state index contributed by atoms with van der Waals surface area (Å²) >= 11 is 0. The number of nitrogens with two attached hydrogens (primary N) is 1. The van der Waals surface area contributed by atoms with Crippen LogP contribution >= 0.6 is 12.4 Å². The van der Waals surface area contributed by atoms with Crippen LogP contribution in [0.2, 0.25) is 0 Å². The van der Waals surface area contributed by atoms with Crippen molar-refractivity contribution in [1.29, 1.82) is 0 Å². The largest absolute Gasteiger partial charge is 0.352 e. The molecule has 0 saturated heterocycles. The molecule has 16 heavy (non-hydrogen) atoms. The minimum absolute atomic E-state index is 0. The van der Waals surface area contributed by atoms with Crippen LogP contribution in [-0.2, 0) is 11.3 Å². The fourth-order valence-electron chi connectivity index (χ4n) is 1.27. The lowest BCUT2D eigenvalue weighted by Crippen LogP contribution is -2.29. The summed E-state index contributed by atoms with van der Waals surface area (Å²) in [7, 11) is 0. The summed E-state index contributed by atoms with van der Waals surface area (Å²) in [5.41, 5.74) is 7.85. The molecule has 0 fully saturated rings. The zero-order valence-corrected chi connectivity index (χ0v) is 10.5. The summed E-state index contributed by atoms with van der Waals surface area (Å²) in [4.78, 5) is 11.3. The van der Waals surface area contributed by atoms with Gasteiger partial charge in [0, 0.05) is 19.0 Å². The van der Waals surface area contributed by atoms with Crippen molar-refractivity contribution in [2.24, 2.45) is 5.73 Å². The van der Waals surface area contributed by atoms with Crippen molar-refractivity contribution in [2.45, 2.75) is 32.9 Å². The fourth-order valence-corrected chi connectivity index (χ4v) is 1.27. The molecule has 1 amide bonds. The Kier molecular flexibility index (Phi) is 6.77. The Morgan fingerprint density at radius 3 is 2.44 bits per heavy atom. The summed E-state index contributed by atoms with van der Waals surface area (Å²) in [6.07, 6.45) is 0.381. The molecule has 0 radical (unpaired) electrons. The maximum Gasteiger partial charge on any atom is 0.221 e. The fraction of sp³-hybridized carbons (Fsp3) is 0.417. The van der Waals surface area contributed by atoms with E-state index in [1.165, 1.54) is 5.56 Å². The van der Waals surface area contributed by atoms with Crippen LogP contribution in [0.25, 0.3) is 0 Å². The van der Waals surface area contributed by atoms with Gasteiger partial charge in [-0.3, -0.25) is 4.79 Å². The maximum absolute atomic E-state index is 11.3. The van der Waals surface area contributed by atoms with Gasteiger partial charge in [0.1, 0.15) is 0 Å². The lowest BCUT2D eigenvalue weighted by atomic mass is 10.1. The van der Waals surface area contributed by atoms with Gasteiger partial charge in [0.25, 0.3) is 0 Å². The molecule has 0 aliphatic rings. The summed E-state index contributed by atoms with van der Waals surface area (Å²) in [5, 5.41) is 2.83. The van der Waals surface area contributed by atoms with E-state index < -0.39 is 0 Å². The number of benzene rings is 1. The highest BCUT2D eigenvalue weighted by Gasteiger charge is 2.03. The Morgan fingerprint density at radius 1 is 1.38 bits per heavy atom. The van der Waals surface area contributed by atoms with Crippen molar-refractivity contribution in [3.05, 3.63) is 35.4 Å². The number of halogens is 1.